The first-order valence-corrected chi connectivity index (χ1v) is 8.11. The average Bonchev–Trinajstić information content (AvgIpc) is 3.19. The second-order valence-corrected chi connectivity index (χ2v) is 6.75. The minimum atomic E-state index is -0.414. The fourth-order valence-electron chi connectivity index (χ4n) is 2.31. The number of nitrogens with two attached hydrogens (primary N) is 1. The fourth-order valence-corrected chi connectivity index (χ4v) is 2.98. The number of benzene rings is 1. The summed E-state index contributed by atoms with van der Waals surface area (Å²) in [7, 11) is 0. The highest BCUT2D eigenvalue weighted by Crippen LogP contribution is 2.43. The molecule has 2 aromatic rings. The molecule has 1 amide bonds. The number of carbonyl (C=O) groups is 1. The number of hydrogen-bond donors (Lipinski definition) is 3. The van der Waals surface area contributed by atoms with Gasteiger partial charge >= 0.3 is 0 Å². The molecule has 1 aliphatic rings. The van der Waals surface area contributed by atoms with Gasteiger partial charge in [-0.3, -0.25) is 15.5 Å². The number of carbonyl (C=O) groups excluding carboxylic acids is 1. The highest BCUT2D eigenvalue weighted by Gasteiger charge is 2.33. The molecule has 0 aliphatic heterocycles. The third-order valence-electron chi connectivity index (χ3n) is 3.40. The highest BCUT2D eigenvalue weighted by atomic mass is 127. The van der Waals surface area contributed by atoms with Gasteiger partial charge in [-0.25, -0.2) is 4.68 Å². The van der Waals surface area contributed by atoms with Gasteiger partial charge in [0, 0.05) is 9.49 Å². The maximum absolute atomic E-state index is 12.2. The third-order valence-corrected chi connectivity index (χ3v) is 4.39. The smallest absolute Gasteiger partial charge is 0.261 e. The first-order chi connectivity index (χ1) is 10.5. The zero-order valence-electron chi connectivity index (χ0n) is 11.8. The van der Waals surface area contributed by atoms with E-state index in [1.165, 1.54) is 6.20 Å². The number of nitrogens with zero attached hydrogens (tertiary/aromatic N) is 2. The normalized spacial score (nSPS) is 13.3. The Kier molecular flexibility index (Phi) is 5.53. The van der Waals surface area contributed by atoms with Crippen LogP contribution in [0.5, 0.6) is 0 Å². The van der Waals surface area contributed by atoms with Crippen LogP contribution in [0.2, 0.25) is 5.02 Å². The summed E-state index contributed by atoms with van der Waals surface area (Å²) in [6, 6.07) is 5.65. The van der Waals surface area contributed by atoms with Crippen LogP contribution in [0.4, 0.5) is 0 Å². The first kappa shape index (κ1) is 18.0. The summed E-state index contributed by atoms with van der Waals surface area (Å²) in [6.07, 6.45) is 3.52. The number of guanidine groups is 1. The molecule has 1 heterocycles. The van der Waals surface area contributed by atoms with E-state index in [0.29, 0.717) is 10.6 Å². The lowest BCUT2D eigenvalue weighted by Gasteiger charge is -2.11. The fraction of sp³-hybridized carbons (Fsp3) is 0.214. The molecule has 1 aliphatic carbocycles. The summed E-state index contributed by atoms with van der Waals surface area (Å²) >= 11 is 8.49. The average molecular weight is 466 g/mol. The van der Waals surface area contributed by atoms with Crippen LogP contribution in [0.15, 0.2) is 24.4 Å². The van der Waals surface area contributed by atoms with Crippen LogP contribution in [-0.2, 0) is 0 Å². The zero-order chi connectivity index (χ0) is 15.9. The lowest BCUT2D eigenvalue weighted by atomic mass is 10.1. The molecule has 3 rings (SSSR count). The number of rotatable bonds is 3. The van der Waals surface area contributed by atoms with Gasteiger partial charge in [0.2, 0.25) is 0 Å². The van der Waals surface area contributed by atoms with Crippen molar-refractivity contribution in [3.8, 4) is 5.69 Å². The van der Waals surface area contributed by atoms with Crippen molar-refractivity contribution in [1.82, 2.24) is 15.1 Å². The summed E-state index contributed by atoms with van der Waals surface area (Å²) < 4.78 is 2.75. The summed E-state index contributed by atoms with van der Waals surface area (Å²) in [5, 5.41) is 14.4. The van der Waals surface area contributed by atoms with Crippen LogP contribution in [0, 0.1) is 8.98 Å². The summed E-state index contributed by atoms with van der Waals surface area (Å²) in [4.78, 5) is 12.2. The molecule has 1 saturated carbocycles. The van der Waals surface area contributed by atoms with Gasteiger partial charge in [-0.2, -0.15) is 5.10 Å². The third kappa shape index (κ3) is 3.78. The molecule has 0 spiro atoms. The molecule has 0 saturated heterocycles. The van der Waals surface area contributed by atoms with E-state index < -0.39 is 5.91 Å². The summed E-state index contributed by atoms with van der Waals surface area (Å²) in [5.74, 6) is -0.515. The van der Waals surface area contributed by atoms with Gasteiger partial charge in [0.15, 0.2) is 5.96 Å². The van der Waals surface area contributed by atoms with E-state index in [2.05, 4.69) is 33.0 Å². The van der Waals surface area contributed by atoms with Crippen molar-refractivity contribution in [2.75, 3.05) is 0 Å². The molecular formula is C14H14Cl2IN5O. The van der Waals surface area contributed by atoms with Crippen molar-refractivity contribution < 1.29 is 4.79 Å². The number of halogens is 3. The Balaban J connectivity index is 0.00000192. The van der Waals surface area contributed by atoms with Gasteiger partial charge in [0.25, 0.3) is 5.91 Å². The van der Waals surface area contributed by atoms with Crippen molar-refractivity contribution in [2.24, 2.45) is 5.73 Å². The highest BCUT2D eigenvalue weighted by molar-refractivity contribution is 14.1. The second kappa shape index (κ2) is 7.06. The summed E-state index contributed by atoms with van der Waals surface area (Å²) in [6.45, 7) is 0. The number of hydrogen-bond acceptors (Lipinski definition) is 3. The minimum absolute atomic E-state index is 0. The Morgan fingerprint density at radius 1 is 1.48 bits per heavy atom. The Morgan fingerprint density at radius 2 is 2.17 bits per heavy atom. The van der Waals surface area contributed by atoms with Crippen LogP contribution in [0.25, 0.3) is 5.69 Å². The van der Waals surface area contributed by atoms with Gasteiger partial charge in [-0.05, 0) is 53.6 Å². The van der Waals surface area contributed by atoms with Gasteiger partial charge in [0.1, 0.15) is 0 Å². The van der Waals surface area contributed by atoms with Gasteiger partial charge in [0.05, 0.1) is 28.2 Å². The van der Waals surface area contributed by atoms with E-state index in [1.807, 2.05) is 18.2 Å². The number of aromatic nitrogens is 2. The predicted octanol–water partition coefficient (Wildman–Crippen LogP) is 3.05. The van der Waals surface area contributed by atoms with Gasteiger partial charge < -0.3 is 5.73 Å². The molecule has 0 unspecified atom stereocenters. The Morgan fingerprint density at radius 3 is 2.78 bits per heavy atom. The van der Waals surface area contributed by atoms with Crippen LogP contribution >= 0.6 is 46.6 Å². The van der Waals surface area contributed by atoms with Crippen molar-refractivity contribution in [2.45, 2.75) is 18.8 Å². The van der Waals surface area contributed by atoms with E-state index >= 15 is 0 Å². The maximum atomic E-state index is 12.2. The van der Waals surface area contributed by atoms with Crippen molar-refractivity contribution in [3.05, 3.63) is 44.2 Å². The molecule has 0 bridgehead atoms. The van der Waals surface area contributed by atoms with Crippen LogP contribution in [0.3, 0.4) is 0 Å². The SMILES string of the molecule is Cl.N=C(N)NC(=O)c1cnn(-c2cc(I)ccc2Cl)c1C1CC1. The Bertz CT molecular complexity index is 773. The quantitative estimate of drug-likeness (QED) is 0.369. The molecule has 1 aromatic heterocycles. The topological polar surface area (TPSA) is 96.8 Å². The molecule has 6 nitrogen and oxygen atoms in total. The molecule has 122 valence electrons. The van der Waals surface area contributed by atoms with E-state index in [4.69, 9.17) is 22.7 Å². The first-order valence-electron chi connectivity index (χ1n) is 6.66. The molecule has 0 atom stereocenters. The Labute approximate surface area is 157 Å². The van der Waals surface area contributed by atoms with Crippen molar-refractivity contribution in [3.63, 3.8) is 0 Å². The van der Waals surface area contributed by atoms with Crippen LogP contribution in [0.1, 0.15) is 34.8 Å². The number of nitrogens with one attached hydrogen (secondary N) is 2. The van der Waals surface area contributed by atoms with E-state index in [9.17, 15) is 4.79 Å². The molecule has 0 radical (unpaired) electrons. The molecular weight excluding hydrogens is 452 g/mol. The second-order valence-electron chi connectivity index (χ2n) is 5.09. The maximum Gasteiger partial charge on any atom is 0.261 e. The largest absolute Gasteiger partial charge is 0.370 e. The number of amides is 1. The summed E-state index contributed by atoms with van der Waals surface area (Å²) in [5.41, 5.74) is 7.24. The lowest BCUT2D eigenvalue weighted by Crippen LogP contribution is -2.36. The van der Waals surface area contributed by atoms with Gasteiger partial charge in [-0.1, -0.05) is 11.6 Å². The molecule has 23 heavy (non-hydrogen) atoms. The molecule has 4 N–H and O–H groups in total. The van der Waals surface area contributed by atoms with Crippen molar-refractivity contribution in [1.29, 1.82) is 5.41 Å². The van der Waals surface area contributed by atoms with Crippen LogP contribution in [-0.4, -0.2) is 21.6 Å². The van der Waals surface area contributed by atoms with E-state index in [1.54, 1.807) is 4.68 Å². The van der Waals surface area contributed by atoms with Gasteiger partial charge in [-0.15, -0.1) is 12.4 Å². The van der Waals surface area contributed by atoms with Crippen LogP contribution < -0.4 is 11.1 Å². The molecule has 1 fully saturated rings. The standard InChI is InChI=1S/C14H13ClIN5O.ClH/c15-10-4-3-8(16)5-11(10)21-12(7-1-2-7)9(6-19-21)13(22)20-14(17)18;/h3-7H,1-2H2,(H4,17,18,20,22);1H. The minimum Gasteiger partial charge on any atom is -0.370 e. The predicted molar refractivity (Wildman–Crippen MR) is 99.9 cm³/mol. The van der Waals surface area contributed by atoms with E-state index in [-0.39, 0.29) is 24.3 Å². The van der Waals surface area contributed by atoms with E-state index in [0.717, 1.165) is 27.8 Å². The van der Waals surface area contributed by atoms with Crippen molar-refractivity contribution >= 4 is 58.5 Å². The lowest BCUT2D eigenvalue weighted by molar-refractivity contribution is 0.0975. The monoisotopic (exact) mass is 465 g/mol. The zero-order valence-corrected chi connectivity index (χ0v) is 15.6. The molecule has 9 heteroatoms. The molecule has 1 aromatic carbocycles. The Hall–Kier alpha value is -1.32.